The highest BCUT2D eigenvalue weighted by Crippen LogP contribution is 2.37. The van der Waals surface area contributed by atoms with E-state index in [1.165, 1.54) is 0 Å². The lowest BCUT2D eigenvalue weighted by molar-refractivity contribution is 0.505. The van der Waals surface area contributed by atoms with E-state index in [2.05, 4.69) is 26.1 Å². The zero-order valence-electron chi connectivity index (χ0n) is 12.7. The Balaban J connectivity index is 2.10. The average Bonchev–Trinajstić information content (AvgIpc) is 2.46. The Hall–Kier alpha value is 0.1000. The number of likely N-dealkylation sites (N-methyl/N-ethyl adjacent to an activating group) is 1. The van der Waals surface area contributed by atoms with Gasteiger partial charge in [-0.05, 0) is 24.6 Å². The van der Waals surface area contributed by atoms with E-state index in [4.69, 9.17) is 11.6 Å². The van der Waals surface area contributed by atoms with Crippen LogP contribution in [-0.4, -0.2) is 34.1 Å². The zero-order chi connectivity index (χ0) is 15.4. The lowest BCUT2D eigenvalue weighted by Gasteiger charge is -2.36. The molecule has 0 aliphatic carbocycles. The molecule has 1 aliphatic rings. The molecule has 0 spiro atoms. The molecule has 21 heavy (non-hydrogen) atoms. The van der Waals surface area contributed by atoms with Crippen molar-refractivity contribution in [2.45, 2.75) is 49.0 Å². The Labute approximate surface area is 140 Å². The Morgan fingerprint density at radius 1 is 1.38 bits per heavy atom. The van der Waals surface area contributed by atoms with Crippen molar-refractivity contribution >= 4 is 35.1 Å². The van der Waals surface area contributed by atoms with Crippen LogP contribution in [0, 0.1) is 5.82 Å². The number of thioether (sulfide) groups is 2. The number of nitrogens with one attached hydrogen (secondary N) is 1. The van der Waals surface area contributed by atoms with Crippen LogP contribution in [0.5, 0.6) is 0 Å². The summed E-state index contributed by atoms with van der Waals surface area (Å²) in [4.78, 5) is 0. The van der Waals surface area contributed by atoms with E-state index in [9.17, 15) is 4.39 Å². The minimum atomic E-state index is -0.267. The normalized spacial score (nSPS) is 27.6. The van der Waals surface area contributed by atoms with Gasteiger partial charge in [-0.1, -0.05) is 44.5 Å². The smallest absolute Gasteiger partial charge is 0.145 e. The second-order valence-corrected chi connectivity index (χ2v) is 8.94. The first-order valence-electron chi connectivity index (χ1n) is 7.46. The first-order valence-corrected chi connectivity index (χ1v) is 9.83. The minimum absolute atomic E-state index is 0.218. The third-order valence-corrected chi connectivity index (χ3v) is 7.80. The maximum atomic E-state index is 14.1. The van der Waals surface area contributed by atoms with Gasteiger partial charge in [0.25, 0.3) is 0 Å². The van der Waals surface area contributed by atoms with Crippen LogP contribution < -0.4 is 5.32 Å². The van der Waals surface area contributed by atoms with Crippen LogP contribution >= 0.6 is 35.1 Å². The van der Waals surface area contributed by atoms with E-state index in [1.807, 2.05) is 35.7 Å². The molecule has 0 bridgehead atoms. The van der Waals surface area contributed by atoms with Crippen LogP contribution in [0.2, 0.25) is 5.02 Å². The molecule has 1 fully saturated rings. The van der Waals surface area contributed by atoms with Crippen LogP contribution in [0.4, 0.5) is 4.39 Å². The van der Waals surface area contributed by atoms with Crippen LogP contribution in [0.15, 0.2) is 18.2 Å². The van der Waals surface area contributed by atoms with Crippen LogP contribution in [0.3, 0.4) is 0 Å². The van der Waals surface area contributed by atoms with Crippen molar-refractivity contribution < 1.29 is 4.39 Å². The standard InChI is InChI=1S/C16H23ClFNS2/c1-4-19-14(15-9-20-10(2)11(3)21-15)8-12-6-5-7-13(17)16(12)18/h5-7,10-11,14-15,19H,4,8-9H2,1-3H3. The summed E-state index contributed by atoms with van der Waals surface area (Å²) < 4.78 is 14.1. The summed E-state index contributed by atoms with van der Waals surface area (Å²) in [5.74, 6) is 0.854. The fraction of sp³-hybridized carbons (Fsp3) is 0.625. The number of hydrogen-bond acceptors (Lipinski definition) is 3. The maximum Gasteiger partial charge on any atom is 0.145 e. The SMILES string of the molecule is CCNC(Cc1cccc(Cl)c1F)C1CSC(C)C(C)S1. The summed E-state index contributed by atoms with van der Waals surface area (Å²) in [5, 5.41) is 5.60. The molecule has 2 rings (SSSR count). The molecule has 118 valence electrons. The van der Waals surface area contributed by atoms with Crippen molar-refractivity contribution in [2.24, 2.45) is 0 Å². The van der Waals surface area contributed by atoms with Gasteiger partial charge in [0.05, 0.1) is 5.02 Å². The lowest BCUT2D eigenvalue weighted by atomic mass is 10.0. The molecule has 1 aromatic carbocycles. The Morgan fingerprint density at radius 2 is 2.14 bits per heavy atom. The molecule has 1 heterocycles. The Kier molecular flexibility index (Phi) is 6.73. The molecule has 1 saturated heterocycles. The van der Waals surface area contributed by atoms with Gasteiger partial charge in [0.1, 0.15) is 5.82 Å². The quantitative estimate of drug-likeness (QED) is 0.834. The number of halogens is 2. The molecular weight excluding hydrogens is 325 g/mol. The van der Waals surface area contributed by atoms with Gasteiger partial charge in [0.15, 0.2) is 0 Å². The van der Waals surface area contributed by atoms with E-state index in [0.29, 0.717) is 27.7 Å². The molecule has 4 unspecified atom stereocenters. The summed E-state index contributed by atoms with van der Waals surface area (Å²) >= 11 is 9.96. The highest BCUT2D eigenvalue weighted by atomic mass is 35.5. The summed E-state index contributed by atoms with van der Waals surface area (Å²) in [6.07, 6.45) is 0.694. The molecule has 1 aromatic rings. The number of benzene rings is 1. The first kappa shape index (κ1) is 17.5. The van der Waals surface area contributed by atoms with E-state index in [1.54, 1.807) is 6.07 Å². The van der Waals surface area contributed by atoms with Crippen LogP contribution in [0.25, 0.3) is 0 Å². The van der Waals surface area contributed by atoms with Gasteiger partial charge in [0.2, 0.25) is 0 Å². The molecule has 0 saturated carbocycles. The fourth-order valence-electron chi connectivity index (χ4n) is 2.56. The Bertz CT molecular complexity index is 472. The Morgan fingerprint density at radius 3 is 2.81 bits per heavy atom. The highest BCUT2D eigenvalue weighted by Gasteiger charge is 2.31. The number of hydrogen-bond donors (Lipinski definition) is 1. The van der Waals surface area contributed by atoms with Gasteiger partial charge in [0, 0.05) is 27.5 Å². The monoisotopic (exact) mass is 347 g/mol. The lowest BCUT2D eigenvalue weighted by Crippen LogP contribution is -2.44. The molecule has 1 N–H and O–H groups in total. The molecule has 0 aromatic heterocycles. The van der Waals surface area contributed by atoms with Gasteiger partial charge in [-0.3, -0.25) is 0 Å². The summed E-state index contributed by atoms with van der Waals surface area (Å²) in [5.41, 5.74) is 0.713. The van der Waals surface area contributed by atoms with Crippen molar-refractivity contribution in [2.75, 3.05) is 12.3 Å². The van der Waals surface area contributed by atoms with E-state index < -0.39 is 0 Å². The van der Waals surface area contributed by atoms with Crippen molar-refractivity contribution in [3.8, 4) is 0 Å². The third-order valence-electron chi connectivity index (χ3n) is 3.96. The predicted molar refractivity (Wildman–Crippen MR) is 95.3 cm³/mol. The molecular formula is C16H23ClFNS2. The van der Waals surface area contributed by atoms with Gasteiger partial charge >= 0.3 is 0 Å². The van der Waals surface area contributed by atoms with Crippen molar-refractivity contribution in [1.29, 1.82) is 0 Å². The molecule has 4 atom stereocenters. The van der Waals surface area contributed by atoms with Gasteiger partial charge in [-0.25, -0.2) is 4.39 Å². The number of rotatable bonds is 5. The first-order chi connectivity index (χ1) is 10.0. The van der Waals surface area contributed by atoms with Crippen LogP contribution in [-0.2, 0) is 6.42 Å². The minimum Gasteiger partial charge on any atom is -0.313 e. The summed E-state index contributed by atoms with van der Waals surface area (Å²) in [6.45, 7) is 7.58. The van der Waals surface area contributed by atoms with Gasteiger partial charge < -0.3 is 5.32 Å². The van der Waals surface area contributed by atoms with Gasteiger partial charge in [-0.15, -0.1) is 0 Å². The highest BCUT2D eigenvalue weighted by molar-refractivity contribution is 8.07. The summed E-state index contributed by atoms with van der Waals surface area (Å²) in [6, 6.07) is 5.57. The van der Waals surface area contributed by atoms with Crippen LogP contribution in [0.1, 0.15) is 26.3 Å². The fourth-order valence-corrected chi connectivity index (χ4v) is 5.88. The average molecular weight is 348 g/mol. The van der Waals surface area contributed by atoms with E-state index in [-0.39, 0.29) is 16.9 Å². The third kappa shape index (κ3) is 4.54. The molecule has 5 heteroatoms. The van der Waals surface area contributed by atoms with E-state index in [0.717, 1.165) is 12.3 Å². The second-order valence-electron chi connectivity index (χ2n) is 5.50. The van der Waals surface area contributed by atoms with Crippen molar-refractivity contribution in [1.82, 2.24) is 5.32 Å². The van der Waals surface area contributed by atoms with Crippen molar-refractivity contribution in [3.05, 3.63) is 34.6 Å². The predicted octanol–water partition coefficient (Wildman–Crippen LogP) is 4.63. The zero-order valence-corrected chi connectivity index (χ0v) is 15.1. The molecule has 1 nitrogen and oxygen atoms in total. The largest absolute Gasteiger partial charge is 0.313 e. The van der Waals surface area contributed by atoms with E-state index >= 15 is 0 Å². The van der Waals surface area contributed by atoms with Gasteiger partial charge in [-0.2, -0.15) is 23.5 Å². The molecule has 0 radical (unpaired) electrons. The van der Waals surface area contributed by atoms with Crippen molar-refractivity contribution in [3.63, 3.8) is 0 Å². The second kappa shape index (κ2) is 8.09. The maximum absolute atomic E-state index is 14.1. The summed E-state index contributed by atoms with van der Waals surface area (Å²) in [7, 11) is 0. The topological polar surface area (TPSA) is 12.0 Å². The molecule has 0 amide bonds. The molecule has 1 aliphatic heterocycles.